The largest absolute Gasteiger partial charge is 0.394 e. The number of nitrogens with one attached hydrogen (secondary N) is 1. The van der Waals surface area contributed by atoms with Gasteiger partial charge in [-0.25, -0.2) is 0 Å². The van der Waals surface area contributed by atoms with E-state index >= 15 is 0 Å². The Morgan fingerprint density at radius 1 is 0.407 bits per heavy atom. The zero-order valence-electron chi connectivity index (χ0n) is 40.2. The molecule has 5 heteroatoms. The maximum atomic E-state index is 12.5. The SMILES string of the molecule is CCCCCCCCCCCCCC/C=C\CCCCCCCCCC(O)CC(=O)NC(CO)C(O)CCCCCCCCCCCCCCCCCCCCCCC. The second-order valence-corrected chi connectivity index (χ2v) is 18.8. The summed E-state index contributed by atoms with van der Waals surface area (Å²) in [6.07, 6.45) is 60.7. The Labute approximate surface area is 369 Å². The van der Waals surface area contributed by atoms with Crippen LogP contribution in [0.25, 0.3) is 0 Å². The molecule has 0 aromatic rings. The first-order chi connectivity index (χ1) is 29.0. The molecule has 0 aromatic carbocycles. The minimum absolute atomic E-state index is 0.0371. The molecule has 0 saturated carbocycles. The first-order valence-corrected chi connectivity index (χ1v) is 27.0. The molecule has 0 aliphatic heterocycles. The van der Waals surface area contributed by atoms with Crippen molar-refractivity contribution in [1.29, 1.82) is 0 Å². The van der Waals surface area contributed by atoms with Crippen LogP contribution in [0, 0.1) is 0 Å². The summed E-state index contributed by atoms with van der Waals surface area (Å²) in [7, 11) is 0. The van der Waals surface area contributed by atoms with Gasteiger partial charge in [0.2, 0.25) is 5.91 Å². The van der Waals surface area contributed by atoms with Gasteiger partial charge in [0.1, 0.15) is 0 Å². The van der Waals surface area contributed by atoms with Gasteiger partial charge < -0.3 is 20.6 Å². The van der Waals surface area contributed by atoms with Gasteiger partial charge >= 0.3 is 0 Å². The summed E-state index contributed by atoms with van der Waals surface area (Å²) < 4.78 is 0. The molecule has 4 N–H and O–H groups in total. The standard InChI is InChI=1S/C54H107NO4/c1-3-5-7-9-11-13-15-17-19-21-23-25-26-28-29-31-33-35-37-39-41-43-45-47-51(57)49-54(59)55-52(50-56)53(58)48-46-44-42-40-38-36-34-32-30-27-24-22-20-18-16-14-12-10-8-6-4-2/h28-29,51-53,56-58H,3-27,30-50H2,1-2H3,(H,55,59)/b29-28-. The Morgan fingerprint density at radius 3 is 0.983 bits per heavy atom. The smallest absolute Gasteiger partial charge is 0.222 e. The Morgan fingerprint density at radius 2 is 0.678 bits per heavy atom. The summed E-state index contributed by atoms with van der Waals surface area (Å²) >= 11 is 0. The molecule has 0 bridgehead atoms. The fourth-order valence-corrected chi connectivity index (χ4v) is 8.70. The molecule has 59 heavy (non-hydrogen) atoms. The predicted octanol–water partition coefficient (Wildman–Crippen LogP) is 16.3. The van der Waals surface area contributed by atoms with Crippen molar-refractivity contribution < 1.29 is 20.1 Å². The first-order valence-electron chi connectivity index (χ1n) is 27.0. The van der Waals surface area contributed by atoms with Gasteiger partial charge in [-0.3, -0.25) is 4.79 Å². The van der Waals surface area contributed by atoms with Crippen molar-refractivity contribution in [3.05, 3.63) is 12.2 Å². The van der Waals surface area contributed by atoms with Crippen LogP contribution in [-0.2, 0) is 4.79 Å². The molecule has 0 aromatic heterocycles. The Hall–Kier alpha value is -0.910. The van der Waals surface area contributed by atoms with Gasteiger partial charge in [0.15, 0.2) is 0 Å². The van der Waals surface area contributed by atoms with Crippen molar-refractivity contribution in [3.63, 3.8) is 0 Å². The molecule has 3 unspecified atom stereocenters. The number of carbonyl (C=O) groups excluding carboxylic acids is 1. The van der Waals surface area contributed by atoms with Crippen LogP contribution in [0.3, 0.4) is 0 Å². The van der Waals surface area contributed by atoms with E-state index in [1.54, 1.807) is 0 Å². The molecule has 5 nitrogen and oxygen atoms in total. The molecular weight excluding hydrogens is 727 g/mol. The van der Waals surface area contributed by atoms with Crippen LogP contribution >= 0.6 is 0 Å². The third-order valence-corrected chi connectivity index (χ3v) is 12.8. The third-order valence-electron chi connectivity index (χ3n) is 12.8. The van der Waals surface area contributed by atoms with Gasteiger partial charge in [0.25, 0.3) is 0 Å². The molecule has 0 aliphatic rings. The summed E-state index contributed by atoms with van der Waals surface area (Å²) in [4.78, 5) is 12.5. The highest BCUT2D eigenvalue weighted by Gasteiger charge is 2.21. The normalized spacial score (nSPS) is 13.4. The maximum absolute atomic E-state index is 12.5. The first kappa shape index (κ1) is 58.1. The van der Waals surface area contributed by atoms with E-state index in [0.29, 0.717) is 12.8 Å². The van der Waals surface area contributed by atoms with Crippen LogP contribution in [0.4, 0.5) is 0 Å². The fraction of sp³-hybridized carbons (Fsp3) is 0.944. The number of aliphatic hydroxyl groups is 3. The lowest BCUT2D eigenvalue weighted by atomic mass is 10.0. The molecule has 0 spiro atoms. The van der Waals surface area contributed by atoms with Gasteiger partial charge in [-0.2, -0.15) is 0 Å². The van der Waals surface area contributed by atoms with Crippen molar-refractivity contribution in [2.45, 2.75) is 321 Å². The molecule has 352 valence electrons. The minimum atomic E-state index is -0.749. The molecular formula is C54H107NO4. The molecule has 0 saturated heterocycles. The second kappa shape index (κ2) is 49.7. The molecule has 0 fully saturated rings. The van der Waals surface area contributed by atoms with Crippen LogP contribution in [0.15, 0.2) is 12.2 Å². The van der Waals surface area contributed by atoms with E-state index < -0.39 is 18.2 Å². The predicted molar refractivity (Wildman–Crippen MR) is 259 cm³/mol. The van der Waals surface area contributed by atoms with Crippen molar-refractivity contribution >= 4 is 5.91 Å². The van der Waals surface area contributed by atoms with Crippen LogP contribution < -0.4 is 5.32 Å². The number of rotatable bonds is 50. The van der Waals surface area contributed by atoms with Crippen molar-refractivity contribution in [2.75, 3.05) is 6.61 Å². The lowest BCUT2D eigenvalue weighted by Gasteiger charge is -2.23. The molecule has 0 radical (unpaired) electrons. The highest BCUT2D eigenvalue weighted by Crippen LogP contribution is 2.18. The van der Waals surface area contributed by atoms with E-state index in [4.69, 9.17) is 0 Å². The zero-order chi connectivity index (χ0) is 43.0. The Bertz CT molecular complexity index is 833. The number of aliphatic hydroxyl groups excluding tert-OH is 3. The summed E-state index contributed by atoms with van der Waals surface area (Å²) in [5.74, 6) is -0.280. The monoisotopic (exact) mass is 834 g/mol. The van der Waals surface area contributed by atoms with E-state index in [1.165, 1.54) is 244 Å². The van der Waals surface area contributed by atoms with E-state index in [-0.39, 0.29) is 18.9 Å². The lowest BCUT2D eigenvalue weighted by Crippen LogP contribution is -2.46. The number of unbranched alkanes of at least 4 members (excludes halogenated alkanes) is 39. The number of amides is 1. The molecule has 0 aliphatic carbocycles. The van der Waals surface area contributed by atoms with Crippen molar-refractivity contribution in [1.82, 2.24) is 5.32 Å². The van der Waals surface area contributed by atoms with Crippen LogP contribution in [0.5, 0.6) is 0 Å². The highest BCUT2D eigenvalue weighted by atomic mass is 16.3. The molecule has 3 atom stereocenters. The topological polar surface area (TPSA) is 89.8 Å². The minimum Gasteiger partial charge on any atom is -0.394 e. The molecule has 0 heterocycles. The van der Waals surface area contributed by atoms with Gasteiger partial charge in [0, 0.05) is 0 Å². The van der Waals surface area contributed by atoms with Crippen molar-refractivity contribution in [3.8, 4) is 0 Å². The average molecular weight is 834 g/mol. The number of hydrogen-bond acceptors (Lipinski definition) is 4. The fourth-order valence-electron chi connectivity index (χ4n) is 8.70. The van der Waals surface area contributed by atoms with Crippen LogP contribution in [0.1, 0.15) is 303 Å². The highest BCUT2D eigenvalue weighted by molar-refractivity contribution is 5.76. The van der Waals surface area contributed by atoms with E-state index in [2.05, 4.69) is 31.3 Å². The quantitative estimate of drug-likeness (QED) is 0.0363. The van der Waals surface area contributed by atoms with Gasteiger partial charge in [-0.15, -0.1) is 0 Å². The lowest BCUT2D eigenvalue weighted by molar-refractivity contribution is -0.125. The summed E-state index contributed by atoms with van der Waals surface area (Å²) in [6.45, 7) is 4.30. The zero-order valence-corrected chi connectivity index (χ0v) is 40.2. The number of carbonyl (C=O) groups is 1. The maximum Gasteiger partial charge on any atom is 0.222 e. The third kappa shape index (κ3) is 46.4. The second-order valence-electron chi connectivity index (χ2n) is 18.8. The van der Waals surface area contributed by atoms with E-state index in [0.717, 1.165) is 25.7 Å². The van der Waals surface area contributed by atoms with E-state index in [9.17, 15) is 20.1 Å². The summed E-state index contributed by atoms with van der Waals surface area (Å²) in [6, 6.07) is -0.658. The molecule has 1 amide bonds. The number of hydrogen-bond donors (Lipinski definition) is 4. The summed E-state index contributed by atoms with van der Waals surface area (Å²) in [5, 5.41) is 33.6. The van der Waals surface area contributed by atoms with Gasteiger partial charge in [-0.1, -0.05) is 270 Å². The van der Waals surface area contributed by atoms with Gasteiger partial charge in [-0.05, 0) is 38.5 Å². The summed E-state index contributed by atoms with van der Waals surface area (Å²) in [5.41, 5.74) is 0. The van der Waals surface area contributed by atoms with E-state index in [1.807, 2.05) is 0 Å². The van der Waals surface area contributed by atoms with Crippen LogP contribution in [0.2, 0.25) is 0 Å². The van der Waals surface area contributed by atoms with Crippen molar-refractivity contribution in [2.24, 2.45) is 0 Å². The average Bonchev–Trinajstić information content (AvgIpc) is 3.23. The Balaban J connectivity index is 3.54. The van der Waals surface area contributed by atoms with Crippen LogP contribution in [-0.4, -0.2) is 46.1 Å². The molecule has 0 rings (SSSR count). The number of allylic oxidation sites excluding steroid dienone is 2. The van der Waals surface area contributed by atoms with Gasteiger partial charge in [0.05, 0.1) is 31.3 Å². The Kier molecular flexibility index (Phi) is 49.0.